The molecule has 4 heterocycles. The van der Waals surface area contributed by atoms with Gasteiger partial charge in [0.15, 0.2) is 0 Å². The summed E-state index contributed by atoms with van der Waals surface area (Å²) in [6, 6.07) is 1.73. The number of aromatic nitrogens is 4. The lowest BCUT2D eigenvalue weighted by atomic mass is 9.98. The fourth-order valence-electron chi connectivity index (χ4n) is 4.21. The molecule has 11 heteroatoms. The summed E-state index contributed by atoms with van der Waals surface area (Å²) in [4.78, 5) is 53.0. The number of amides is 1. The van der Waals surface area contributed by atoms with Crippen LogP contribution in [0.5, 0.6) is 0 Å². The quantitative estimate of drug-likeness (QED) is 0.482. The number of hydrogen-bond donors (Lipinski definition) is 0. The third-order valence-corrected chi connectivity index (χ3v) is 6.89. The molecule has 0 saturated carbocycles. The maximum Gasteiger partial charge on any atom is 0.352 e. The van der Waals surface area contributed by atoms with E-state index < -0.39 is 5.69 Å². The predicted octanol–water partition coefficient (Wildman–Crippen LogP) is 1.72. The Morgan fingerprint density at radius 2 is 2.09 bits per heavy atom. The van der Waals surface area contributed by atoms with E-state index in [2.05, 4.69) is 18.9 Å². The Balaban J connectivity index is 1.66. The minimum atomic E-state index is -0.459. The second kappa shape index (κ2) is 9.50. The topological polar surface area (TPSA) is 108 Å². The molecule has 1 aliphatic rings. The maximum atomic E-state index is 13.2. The van der Waals surface area contributed by atoms with Gasteiger partial charge in [0.1, 0.15) is 11.2 Å². The van der Waals surface area contributed by atoms with Crippen molar-refractivity contribution in [3.63, 3.8) is 0 Å². The van der Waals surface area contributed by atoms with Gasteiger partial charge in [0.05, 0.1) is 18.0 Å². The van der Waals surface area contributed by atoms with Gasteiger partial charge in [-0.2, -0.15) is 0 Å². The molecular formula is C22H29N5O5S. The first-order valence-electron chi connectivity index (χ1n) is 11.4. The lowest BCUT2D eigenvalue weighted by molar-refractivity contribution is -0.151. The van der Waals surface area contributed by atoms with E-state index in [-0.39, 0.29) is 42.2 Å². The summed E-state index contributed by atoms with van der Waals surface area (Å²) in [6.45, 7) is 7.17. The zero-order valence-electron chi connectivity index (χ0n) is 19.2. The van der Waals surface area contributed by atoms with Crippen molar-refractivity contribution >= 4 is 39.2 Å². The molecule has 1 amide bonds. The number of ether oxygens (including phenoxy) is 1. The van der Waals surface area contributed by atoms with Crippen molar-refractivity contribution < 1.29 is 14.3 Å². The van der Waals surface area contributed by atoms with Crippen molar-refractivity contribution in [1.29, 1.82) is 0 Å². The molecule has 0 radical (unpaired) electrons. The standard InChI is InChI=1S/C22H29N5O5S/c1-4-32-20(30)15-6-5-9-24(12-15)17(28)13-26-22(31)27-16-8-11-33-18(16)19(29)25(21(27)23-26)10-7-14(2)3/h8,11,14-15H,4-7,9-10,12-13H2,1-3H3. The fraction of sp³-hybridized carbons (Fsp3) is 0.591. The molecule has 178 valence electrons. The van der Waals surface area contributed by atoms with E-state index in [9.17, 15) is 19.2 Å². The van der Waals surface area contributed by atoms with Crippen molar-refractivity contribution in [2.45, 2.75) is 53.1 Å². The van der Waals surface area contributed by atoms with Gasteiger partial charge < -0.3 is 9.64 Å². The van der Waals surface area contributed by atoms with Gasteiger partial charge in [-0.05, 0) is 43.6 Å². The van der Waals surface area contributed by atoms with E-state index in [0.717, 1.165) is 11.1 Å². The van der Waals surface area contributed by atoms with Crippen LogP contribution in [0, 0.1) is 11.8 Å². The second-order valence-corrected chi connectivity index (χ2v) is 9.70. The highest BCUT2D eigenvalue weighted by atomic mass is 32.1. The summed E-state index contributed by atoms with van der Waals surface area (Å²) in [7, 11) is 0. The Morgan fingerprint density at radius 3 is 2.82 bits per heavy atom. The first-order valence-corrected chi connectivity index (χ1v) is 12.2. The first-order chi connectivity index (χ1) is 15.8. The Bertz CT molecular complexity index is 1300. The number of piperidine rings is 1. The minimum absolute atomic E-state index is 0.176. The van der Waals surface area contributed by atoms with Gasteiger partial charge in [-0.1, -0.05) is 13.8 Å². The van der Waals surface area contributed by atoms with E-state index in [1.807, 2.05) is 0 Å². The molecule has 1 aliphatic heterocycles. The summed E-state index contributed by atoms with van der Waals surface area (Å²) in [5.74, 6) is -0.321. The molecule has 33 heavy (non-hydrogen) atoms. The summed E-state index contributed by atoms with van der Waals surface area (Å²) < 4.78 is 9.66. The SMILES string of the molecule is CCOC(=O)C1CCCN(C(=O)Cn2nc3n(CCC(C)C)c(=O)c4sccc4n3c2=O)C1. The number of carbonyl (C=O) groups excluding carboxylic acids is 2. The van der Waals surface area contributed by atoms with Crippen molar-refractivity contribution in [1.82, 2.24) is 23.6 Å². The van der Waals surface area contributed by atoms with Gasteiger partial charge in [-0.3, -0.25) is 19.0 Å². The Hall–Kier alpha value is -2.95. The zero-order chi connectivity index (χ0) is 23.7. The molecule has 0 spiro atoms. The molecule has 3 aromatic heterocycles. The Kier molecular flexibility index (Phi) is 6.68. The molecule has 0 N–H and O–H groups in total. The number of nitrogens with zero attached hydrogens (tertiary/aromatic N) is 5. The van der Waals surface area contributed by atoms with Crippen LogP contribution in [0.25, 0.3) is 16.0 Å². The normalized spacial score (nSPS) is 16.7. The minimum Gasteiger partial charge on any atom is -0.466 e. The summed E-state index contributed by atoms with van der Waals surface area (Å²) in [5, 5.41) is 6.17. The van der Waals surface area contributed by atoms with Crippen molar-refractivity contribution in [2.24, 2.45) is 11.8 Å². The molecule has 1 saturated heterocycles. The van der Waals surface area contributed by atoms with Crippen LogP contribution in [0.4, 0.5) is 0 Å². The molecule has 0 bridgehead atoms. The molecule has 1 unspecified atom stereocenters. The van der Waals surface area contributed by atoms with E-state index in [4.69, 9.17) is 4.74 Å². The predicted molar refractivity (Wildman–Crippen MR) is 124 cm³/mol. The summed E-state index contributed by atoms with van der Waals surface area (Å²) in [5.41, 5.74) is -0.131. The number of thiophene rings is 1. The third kappa shape index (κ3) is 4.46. The Labute approximate surface area is 194 Å². The lowest BCUT2D eigenvalue weighted by Gasteiger charge is -2.31. The van der Waals surface area contributed by atoms with Crippen molar-refractivity contribution in [3.8, 4) is 0 Å². The highest BCUT2D eigenvalue weighted by Crippen LogP contribution is 2.19. The molecule has 0 aliphatic carbocycles. The Morgan fingerprint density at radius 1 is 1.30 bits per heavy atom. The van der Waals surface area contributed by atoms with Crippen molar-refractivity contribution in [3.05, 3.63) is 32.3 Å². The summed E-state index contributed by atoms with van der Waals surface area (Å²) in [6.07, 6.45) is 2.13. The molecular weight excluding hydrogens is 446 g/mol. The van der Waals surface area contributed by atoms with Crippen LogP contribution in [-0.4, -0.2) is 55.2 Å². The number of likely N-dealkylation sites (tertiary alicyclic amines) is 1. The number of fused-ring (bicyclic) bond motifs is 3. The molecule has 3 aromatic rings. The van der Waals surface area contributed by atoms with E-state index in [1.165, 1.54) is 20.3 Å². The van der Waals surface area contributed by atoms with Crippen LogP contribution < -0.4 is 11.2 Å². The molecule has 1 atom stereocenters. The van der Waals surface area contributed by atoms with Crippen LogP contribution in [-0.2, 0) is 27.4 Å². The zero-order valence-corrected chi connectivity index (χ0v) is 20.0. The van der Waals surface area contributed by atoms with Gasteiger partial charge in [0, 0.05) is 19.6 Å². The maximum absolute atomic E-state index is 13.2. The van der Waals surface area contributed by atoms with Gasteiger partial charge in [-0.25, -0.2) is 13.9 Å². The second-order valence-electron chi connectivity index (χ2n) is 8.78. The highest BCUT2D eigenvalue weighted by Gasteiger charge is 2.30. The molecule has 4 rings (SSSR count). The summed E-state index contributed by atoms with van der Waals surface area (Å²) >= 11 is 1.29. The average molecular weight is 476 g/mol. The van der Waals surface area contributed by atoms with Gasteiger partial charge in [-0.15, -0.1) is 16.4 Å². The molecule has 0 aromatic carbocycles. The van der Waals surface area contributed by atoms with Gasteiger partial charge in [0.2, 0.25) is 11.7 Å². The van der Waals surface area contributed by atoms with Crippen LogP contribution in [0.15, 0.2) is 21.0 Å². The third-order valence-electron chi connectivity index (χ3n) is 6.00. The number of hydrogen-bond acceptors (Lipinski definition) is 7. The van der Waals surface area contributed by atoms with Crippen LogP contribution in [0.2, 0.25) is 0 Å². The number of rotatable bonds is 7. The van der Waals surface area contributed by atoms with Crippen LogP contribution in [0.1, 0.15) is 40.0 Å². The van der Waals surface area contributed by atoms with E-state index in [0.29, 0.717) is 48.7 Å². The van der Waals surface area contributed by atoms with Crippen LogP contribution >= 0.6 is 11.3 Å². The largest absolute Gasteiger partial charge is 0.466 e. The van der Waals surface area contributed by atoms with Gasteiger partial charge >= 0.3 is 11.7 Å². The highest BCUT2D eigenvalue weighted by molar-refractivity contribution is 7.17. The fourth-order valence-corrected chi connectivity index (χ4v) is 5.03. The molecule has 10 nitrogen and oxygen atoms in total. The lowest BCUT2D eigenvalue weighted by Crippen LogP contribution is -2.45. The molecule has 1 fully saturated rings. The monoisotopic (exact) mass is 475 g/mol. The smallest absolute Gasteiger partial charge is 0.352 e. The van der Waals surface area contributed by atoms with E-state index in [1.54, 1.807) is 23.3 Å². The number of carbonyl (C=O) groups is 2. The first kappa shape index (κ1) is 23.2. The number of esters is 1. The average Bonchev–Trinajstić information content (AvgIpc) is 3.39. The van der Waals surface area contributed by atoms with Crippen LogP contribution in [0.3, 0.4) is 0 Å². The van der Waals surface area contributed by atoms with Gasteiger partial charge in [0.25, 0.3) is 5.56 Å². The van der Waals surface area contributed by atoms with Crippen molar-refractivity contribution in [2.75, 3.05) is 19.7 Å². The van der Waals surface area contributed by atoms with E-state index >= 15 is 0 Å². The number of aryl methyl sites for hydroxylation is 1.